The molecule has 2 aliphatic rings. The summed E-state index contributed by atoms with van der Waals surface area (Å²) in [4.78, 5) is 27.9. The molecule has 2 amide bonds. The molecule has 1 aliphatic heterocycles. The van der Waals surface area contributed by atoms with Gasteiger partial charge >= 0.3 is 0 Å². The van der Waals surface area contributed by atoms with E-state index >= 15 is 0 Å². The van der Waals surface area contributed by atoms with Crippen LogP contribution >= 0.6 is 11.3 Å². The van der Waals surface area contributed by atoms with E-state index in [0.29, 0.717) is 4.88 Å². The van der Waals surface area contributed by atoms with Crippen LogP contribution in [0.3, 0.4) is 0 Å². The second-order valence-electron chi connectivity index (χ2n) is 5.56. The number of rotatable bonds is 3. The first kappa shape index (κ1) is 12.7. The maximum Gasteiger partial charge on any atom is 0.261 e. The molecule has 0 radical (unpaired) electrons. The lowest BCUT2D eigenvalue weighted by Crippen LogP contribution is -2.31. The number of carbonyl (C=O) groups is 2. The van der Waals surface area contributed by atoms with E-state index in [9.17, 15) is 9.59 Å². The van der Waals surface area contributed by atoms with Gasteiger partial charge in [-0.2, -0.15) is 0 Å². The number of carbonyl (C=O) groups excluding carboxylic acids is 2. The minimum Gasteiger partial charge on any atom is -0.349 e. The van der Waals surface area contributed by atoms with E-state index in [1.54, 1.807) is 0 Å². The number of nitrogens with zero attached hydrogens (tertiary/aromatic N) is 1. The van der Waals surface area contributed by atoms with Gasteiger partial charge in [0.1, 0.15) is 0 Å². The Morgan fingerprint density at radius 2 is 2.16 bits per heavy atom. The van der Waals surface area contributed by atoms with Crippen molar-refractivity contribution in [3.8, 4) is 0 Å². The predicted molar refractivity (Wildman–Crippen MR) is 75.7 cm³/mol. The van der Waals surface area contributed by atoms with Crippen molar-refractivity contribution in [3.05, 3.63) is 15.8 Å². The van der Waals surface area contributed by atoms with Crippen LogP contribution in [0.25, 0.3) is 0 Å². The molecule has 0 aromatic carbocycles. The number of hydrogen-bond donors (Lipinski definition) is 1. The Kier molecular flexibility index (Phi) is 3.09. The first-order chi connectivity index (χ1) is 9.06. The number of thiophene rings is 1. The fourth-order valence-electron chi connectivity index (χ4n) is 2.39. The topological polar surface area (TPSA) is 49.4 Å². The van der Waals surface area contributed by atoms with Crippen LogP contribution in [0.1, 0.15) is 41.2 Å². The number of nitrogens with one attached hydrogen (secondary N) is 1. The molecule has 0 unspecified atom stereocenters. The van der Waals surface area contributed by atoms with E-state index in [1.807, 2.05) is 24.8 Å². The molecule has 4 nitrogen and oxygen atoms in total. The summed E-state index contributed by atoms with van der Waals surface area (Å²) in [7, 11) is 0. The van der Waals surface area contributed by atoms with Crippen molar-refractivity contribution >= 4 is 28.8 Å². The lowest BCUT2D eigenvalue weighted by atomic mass is 10.3. The SMILES string of the molecule is CC(C)NC(=O)c1cc2c(s1)CCN2C(=O)C1CC1. The summed E-state index contributed by atoms with van der Waals surface area (Å²) in [5, 5.41) is 2.89. The Labute approximate surface area is 116 Å². The Bertz CT molecular complexity index is 532. The van der Waals surface area contributed by atoms with Crippen molar-refractivity contribution < 1.29 is 9.59 Å². The first-order valence-corrected chi connectivity index (χ1v) is 7.63. The molecule has 19 heavy (non-hydrogen) atoms. The molecule has 0 bridgehead atoms. The standard InChI is InChI=1S/C14H18N2O2S/c1-8(2)15-13(17)12-7-10-11(19-12)5-6-16(10)14(18)9-3-4-9/h7-9H,3-6H2,1-2H3,(H,15,17). The second-order valence-corrected chi connectivity index (χ2v) is 6.70. The summed E-state index contributed by atoms with van der Waals surface area (Å²) in [6.45, 7) is 4.67. The molecule has 3 rings (SSSR count). The fraction of sp³-hybridized carbons (Fsp3) is 0.571. The molecule has 1 fully saturated rings. The quantitative estimate of drug-likeness (QED) is 0.921. The molecule has 0 spiro atoms. The minimum atomic E-state index is -0.0341. The maximum absolute atomic E-state index is 12.2. The zero-order valence-corrected chi connectivity index (χ0v) is 12.0. The van der Waals surface area contributed by atoms with Crippen molar-refractivity contribution in [2.75, 3.05) is 11.4 Å². The van der Waals surface area contributed by atoms with E-state index in [1.165, 1.54) is 16.2 Å². The fourth-order valence-corrected chi connectivity index (χ4v) is 3.44. The molecule has 5 heteroatoms. The highest BCUT2D eigenvalue weighted by molar-refractivity contribution is 7.14. The number of fused-ring (bicyclic) bond motifs is 1. The monoisotopic (exact) mass is 278 g/mol. The van der Waals surface area contributed by atoms with Crippen molar-refractivity contribution in [3.63, 3.8) is 0 Å². The van der Waals surface area contributed by atoms with Crippen molar-refractivity contribution in [2.45, 2.75) is 39.2 Å². The average molecular weight is 278 g/mol. The van der Waals surface area contributed by atoms with Gasteiger partial charge in [-0.15, -0.1) is 11.3 Å². The Hall–Kier alpha value is -1.36. The van der Waals surface area contributed by atoms with Crippen LogP contribution < -0.4 is 10.2 Å². The number of anilines is 1. The summed E-state index contributed by atoms with van der Waals surface area (Å²) in [6, 6.07) is 2.01. The van der Waals surface area contributed by atoms with Crippen LogP contribution in [0.4, 0.5) is 5.69 Å². The van der Waals surface area contributed by atoms with E-state index < -0.39 is 0 Å². The summed E-state index contributed by atoms with van der Waals surface area (Å²) in [5.41, 5.74) is 0.968. The van der Waals surface area contributed by atoms with Gasteiger partial charge in [-0.1, -0.05) is 0 Å². The molecule has 1 aromatic heterocycles. The van der Waals surface area contributed by atoms with Crippen LogP contribution in [0.5, 0.6) is 0 Å². The van der Waals surface area contributed by atoms with Gasteiger partial charge in [-0.25, -0.2) is 0 Å². The lowest BCUT2D eigenvalue weighted by molar-refractivity contribution is -0.119. The van der Waals surface area contributed by atoms with Gasteiger partial charge in [0.2, 0.25) is 5.91 Å². The minimum absolute atomic E-state index is 0.0341. The second kappa shape index (κ2) is 4.63. The normalized spacial score (nSPS) is 17.7. The lowest BCUT2D eigenvalue weighted by Gasteiger charge is -2.15. The zero-order chi connectivity index (χ0) is 13.6. The van der Waals surface area contributed by atoms with Crippen LogP contribution in [0.2, 0.25) is 0 Å². The smallest absolute Gasteiger partial charge is 0.261 e. The van der Waals surface area contributed by atoms with Gasteiger partial charge in [-0.3, -0.25) is 9.59 Å². The molecule has 0 atom stereocenters. The highest BCUT2D eigenvalue weighted by Gasteiger charge is 2.37. The van der Waals surface area contributed by atoms with Gasteiger partial charge in [0.25, 0.3) is 5.91 Å². The largest absolute Gasteiger partial charge is 0.349 e. The van der Waals surface area contributed by atoms with Crippen LogP contribution in [-0.4, -0.2) is 24.4 Å². The van der Waals surface area contributed by atoms with Gasteiger partial charge in [0.15, 0.2) is 0 Å². The number of hydrogen-bond acceptors (Lipinski definition) is 3. The van der Waals surface area contributed by atoms with Crippen LogP contribution in [-0.2, 0) is 11.2 Å². The van der Waals surface area contributed by atoms with E-state index in [-0.39, 0.29) is 23.8 Å². The van der Waals surface area contributed by atoms with Crippen LogP contribution in [0.15, 0.2) is 6.07 Å². The molecule has 1 N–H and O–H groups in total. The summed E-state index contributed by atoms with van der Waals surface area (Å²) < 4.78 is 0. The Morgan fingerprint density at radius 1 is 1.42 bits per heavy atom. The molecular formula is C14H18N2O2S. The highest BCUT2D eigenvalue weighted by Crippen LogP contribution is 2.40. The molecule has 1 aromatic rings. The van der Waals surface area contributed by atoms with E-state index in [0.717, 1.165) is 31.5 Å². The zero-order valence-electron chi connectivity index (χ0n) is 11.2. The third-order valence-corrected chi connectivity index (χ3v) is 4.66. The molecule has 0 saturated heterocycles. The molecule has 2 heterocycles. The Balaban J connectivity index is 1.80. The van der Waals surface area contributed by atoms with Gasteiger partial charge in [0, 0.05) is 29.8 Å². The first-order valence-electron chi connectivity index (χ1n) is 6.81. The number of amides is 2. The van der Waals surface area contributed by atoms with Crippen molar-refractivity contribution in [2.24, 2.45) is 5.92 Å². The van der Waals surface area contributed by atoms with Crippen molar-refractivity contribution in [1.82, 2.24) is 5.32 Å². The molecule has 1 saturated carbocycles. The Morgan fingerprint density at radius 3 is 2.79 bits per heavy atom. The predicted octanol–water partition coefficient (Wildman–Crippen LogP) is 2.19. The molecule has 102 valence electrons. The third kappa shape index (κ3) is 2.39. The van der Waals surface area contributed by atoms with Gasteiger partial charge in [0.05, 0.1) is 10.6 Å². The van der Waals surface area contributed by atoms with E-state index in [4.69, 9.17) is 0 Å². The third-order valence-electron chi connectivity index (χ3n) is 3.48. The summed E-state index contributed by atoms with van der Waals surface area (Å²) >= 11 is 1.52. The summed E-state index contributed by atoms with van der Waals surface area (Å²) in [5.74, 6) is 0.444. The average Bonchev–Trinajstić information content (AvgIpc) is 2.97. The molecule has 1 aliphatic carbocycles. The van der Waals surface area contributed by atoms with E-state index in [2.05, 4.69) is 5.32 Å². The van der Waals surface area contributed by atoms with Gasteiger partial charge < -0.3 is 10.2 Å². The van der Waals surface area contributed by atoms with Crippen LogP contribution in [0, 0.1) is 5.92 Å². The van der Waals surface area contributed by atoms with Crippen molar-refractivity contribution in [1.29, 1.82) is 0 Å². The highest BCUT2D eigenvalue weighted by atomic mass is 32.1. The van der Waals surface area contributed by atoms with Gasteiger partial charge in [-0.05, 0) is 32.8 Å². The molecular weight excluding hydrogens is 260 g/mol. The summed E-state index contributed by atoms with van der Waals surface area (Å²) in [6.07, 6.45) is 2.93. The maximum atomic E-state index is 12.2.